The molecule has 0 unspecified atom stereocenters. The topological polar surface area (TPSA) is 65.0 Å². The molecule has 0 aliphatic heterocycles. The molecule has 0 aliphatic carbocycles. The van der Waals surface area contributed by atoms with Crippen LogP contribution in [-0.4, -0.2) is 20.9 Å². The van der Waals surface area contributed by atoms with E-state index in [2.05, 4.69) is 15.0 Å². The lowest BCUT2D eigenvalue weighted by Gasteiger charge is -2.06. The molecule has 0 aliphatic rings. The third kappa shape index (κ3) is 3.71. The second-order valence-electron chi connectivity index (χ2n) is 6.18. The largest absolute Gasteiger partial charge is 0.456 e. The third-order valence-corrected chi connectivity index (χ3v) is 5.17. The van der Waals surface area contributed by atoms with Gasteiger partial charge in [-0.3, -0.25) is 0 Å². The van der Waals surface area contributed by atoms with Gasteiger partial charge in [0.1, 0.15) is 11.6 Å². The summed E-state index contributed by atoms with van der Waals surface area (Å²) in [6.07, 6.45) is 0. The minimum atomic E-state index is -0.397. The first-order chi connectivity index (χ1) is 13.1. The number of fused-ring (bicyclic) bond motifs is 1. The fraction of sp³-hybridized carbons (Fsp3) is 0.143. The molecule has 2 heterocycles. The van der Waals surface area contributed by atoms with Crippen molar-refractivity contribution in [2.75, 3.05) is 0 Å². The monoisotopic (exact) mass is 375 g/mol. The highest BCUT2D eigenvalue weighted by atomic mass is 32.1. The average molecular weight is 375 g/mol. The van der Waals surface area contributed by atoms with E-state index < -0.39 is 5.97 Å². The number of ether oxygens (including phenoxy) is 1. The average Bonchev–Trinajstić information content (AvgIpc) is 3.16. The fourth-order valence-corrected chi connectivity index (χ4v) is 3.48. The summed E-state index contributed by atoms with van der Waals surface area (Å²) in [5.41, 5.74) is 5.44. The van der Waals surface area contributed by atoms with E-state index in [1.165, 1.54) is 11.3 Å². The van der Waals surface area contributed by atoms with Gasteiger partial charge in [0.15, 0.2) is 0 Å². The van der Waals surface area contributed by atoms with Gasteiger partial charge in [-0.15, -0.1) is 11.3 Å². The van der Waals surface area contributed by atoms with Crippen molar-refractivity contribution < 1.29 is 9.53 Å². The molecule has 0 atom stereocenters. The lowest BCUT2D eigenvalue weighted by molar-refractivity contribution is 0.0468. The van der Waals surface area contributed by atoms with Crippen molar-refractivity contribution >= 4 is 28.3 Å². The van der Waals surface area contributed by atoms with Crippen molar-refractivity contribution in [2.24, 2.45) is 0 Å². The van der Waals surface area contributed by atoms with Gasteiger partial charge in [-0.05, 0) is 32.0 Å². The molecule has 134 valence electrons. The highest BCUT2D eigenvalue weighted by molar-refractivity contribution is 7.13. The Bertz CT molecular complexity index is 1120. The molecule has 0 bridgehead atoms. The van der Waals surface area contributed by atoms with Crippen LogP contribution in [0, 0.1) is 13.8 Å². The molecule has 2 aromatic carbocycles. The Morgan fingerprint density at radius 3 is 2.48 bits per heavy atom. The van der Waals surface area contributed by atoms with Crippen LogP contribution in [0.1, 0.15) is 27.4 Å². The van der Waals surface area contributed by atoms with Gasteiger partial charge in [-0.2, -0.15) is 0 Å². The van der Waals surface area contributed by atoms with Crippen molar-refractivity contribution in [3.05, 3.63) is 76.6 Å². The number of carbonyl (C=O) groups is 1. The van der Waals surface area contributed by atoms with Crippen LogP contribution in [-0.2, 0) is 11.3 Å². The Morgan fingerprint density at radius 2 is 1.70 bits per heavy atom. The molecular weight excluding hydrogens is 358 g/mol. The number of carbonyl (C=O) groups excluding carboxylic acids is 1. The highest BCUT2D eigenvalue weighted by Crippen LogP contribution is 2.24. The molecule has 0 amide bonds. The number of nitrogens with zero attached hydrogens (tertiary/aromatic N) is 3. The maximum Gasteiger partial charge on any atom is 0.338 e. The number of aryl methyl sites for hydroxylation is 2. The lowest BCUT2D eigenvalue weighted by atomic mass is 10.2. The number of aromatic nitrogens is 3. The number of hydrogen-bond acceptors (Lipinski definition) is 6. The van der Waals surface area contributed by atoms with Crippen LogP contribution in [0.2, 0.25) is 0 Å². The van der Waals surface area contributed by atoms with Gasteiger partial charge >= 0.3 is 5.97 Å². The van der Waals surface area contributed by atoms with Crippen molar-refractivity contribution in [3.8, 4) is 10.6 Å². The van der Waals surface area contributed by atoms with E-state index >= 15 is 0 Å². The van der Waals surface area contributed by atoms with Crippen molar-refractivity contribution in [3.63, 3.8) is 0 Å². The van der Waals surface area contributed by atoms with Crippen LogP contribution in [0.3, 0.4) is 0 Å². The predicted molar refractivity (Wildman–Crippen MR) is 106 cm³/mol. The summed E-state index contributed by atoms with van der Waals surface area (Å²) >= 11 is 1.53. The van der Waals surface area contributed by atoms with Crippen LogP contribution >= 0.6 is 11.3 Å². The molecule has 5 nitrogen and oxygen atoms in total. The summed E-state index contributed by atoms with van der Waals surface area (Å²) in [5.74, 6) is -0.397. The van der Waals surface area contributed by atoms with Crippen LogP contribution in [0.4, 0.5) is 0 Å². The van der Waals surface area contributed by atoms with Gasteiger partial charge in [-0.1, -0.05) is 30.3 Å². The van der Waals surface area contributed by atoms with Crippen molar-refractivity contribution in [1.29, 1.82) is 0 Å². The summed E-state index contributed by atoms with van der Waals surface area (Å²) in [5, 5.41) is 2.82. The van der Waals surface area contributed by atoms with Crippen LogP contribution in [0.25, 0.3) is 21.6 Å². The zero-order valence-corrected chi connectivity index (χ0v) is 15.8. The Balaban J connectivity index is 1.47. The third-order valence-electron chi connectivity index (χ3n) is 4.23. The van der Waals surface area contributed by atoms with E-state index in [-0.39, 0.29) is 6.61 Å². The molecule has 4 rings (SSSR count). The maximum absolute atomic E-state index is 12.4. The number of rotatable bonds is 4. The van der Waals surface area contributed by atoms with Gasteiger partial charge in [0.25, 0.3) is 0 Å². The molecule has 2 aromatic heterocycles. The summed E-state index contributed by atoms with van der Waals surface area (Å²) in [7, 11) is 0. The molecule has 4 aromatic rings. The predicted octanol–water partition coefficient (Wildman–Crippen LogP) is 4.73. The number of hydrogen-bond donors (Lipinski definition) is 0. The zero-order valence-electron chi connectivity index (χ0n) is 15.0. The summed E-state index contributed by atoms with van der Waals surface area (Å²) < 4.78 is 5.42. The standard InChI is InChI=1S/C21H17N3O2S/c1-13-14(2)23-19-10-16(8-9-18(19)22-13)21(25)26-11-17-12-27-20(24-17)15-6-4-3-5-7-15/h3-10,12H,11H2,1-2H3. The highest BCUT2D eigenvalue weighted by Gasteiger charge is 2.12. The quantitative estimate of drug-likeness (QED) is 0.483. The summed E-state index contributed by atoms with van der Waals surface area (Å²) in [4.78, 5) is 25.9. The van der Waals surface area contributed by atoms with Gasteiger partial charge in [0.2, 0.25) is 0 Å². The van der Waals surface area contributed by atoms with Crippen LogP contribution < -0.4 is 0 Å². The molecule has 0 saturated carbocycles. The van der Waals surface area contributed by atoms with Gasteiger partial charge in [0.05, 0.1) is 33.7 Å². The van der Waals surface area contributed by atoms with E-state index in [9.17, 15) is 4.79 Å². The molecule has 0 radical (unpaired) electrons. The fourth-order valence-electron chi connectivity index (χ4n) is 2.67. The first-order valence-electron chi connectivity index (χ1n) is 8.52. The Labute approximate surface area is 160 Å². The van der Waals surface area contributed by atoms with Gasteiger partial charge in [-0.25, -0.2) is 19.7 Å². The molecular formula is C21H17N3O2S. The normalized spacial score (nSPS) is 10.9. The maximum atomic E-state index is 12.4. The summed E-state index contributed by atoms with van der Waals surface area (Å²) in [6.45, 7) is 3.96. The van der Waals surface area contributed by atoms with Crippen LogP contribution in [0.5, 0.6) is 0 Å². The minimum Gasteiger partial charge on any atom is -0.456 e. The number of esters is 1. The molecule has 0 fully saturated rings. The Kier molecular flexibility index (Phi) is 4.64. The zero-order chi connectivity index (χ0) is 18.8. The van der Waals surface area contributed by atoms with E-state index in [0.29, 0.717) is 11.1 Å². The Morgan fingerprint density at radius 1 is 0.963 bits per heavy atom. The molecule has 0 saturated heterocycles. The van der Waals surface area contributed by atoms with E-state index in [0.717, 1.165) is 33.2 Å². The Hall–Kier alpha value is -3.12. The van der Waals surface area contributed by atoms with E-state index in [1.807, 2.05) is 49.6 Å². The lowest BCUT2D eigenvalue weighted by Crippen LogP contribution is -2.06. The minimum absolute atomic E-state index is 0.138. The second-order valence-corrected chi connectivity index (χ2v) is 7.04. The van der Waals surface area contributed by atoms with E-state index in [4.69, 9.17) is 4.74 Å². The first kappa shape index (κ1) is 17.3. The van der Waals surface area contributed by atoms with Gasteiger partial charge < -0.3 is 4.74 Å². The molecule has 0 spiro atoms. The number of thiazole rings is 1. The molecule has 6 heteroatoms. The SMILES string of the molecule is Cc1nc2ccc(C(=O)OCc3csc(-c4ccccc4)n3)cc2nc1C. The molecule has 27 heavy (non-hydrogen) atoms. The first-order valence-corrected chi connectivity index (χ1v) is 9.40. The molecule has 0 N–H and O–H groups in total. The van der Waals surface area contributed by atoms with Gasteiger partial charge in [0, 0.05) is 10.9 Å². The van der Waals surface area contributed by atoms with Crippen LogP contribution in [0.15, 0.2) is 53.9 Å². The van der Waals surface area contributed by atoms with E-state index in [1.54, 1.807) is 18.2 Å². The van der Waals surface area contributed by atoms with Crippen molar-refractivity contribution in [1.82, 2.24) is 15.0 Å². The number of benzene rings is 2. The summed E-state index contributed by atoms with van der Waals surface area (Å²) in [6, 6.07) is 15.2. The second kappa shape index (κ2) is 7.25. The smallest absolute Gasteiger partial charge is 0.338 e. The van der Waals surface area contributed by atoms with Crippen molar-refractivity contribution in [2.45, 2.75) is 20.5 Å².